The minimum absolute atomic E-state index is 0.117. The lowest BCUT2D eigenvalue weighted by atomic mass is 10.0. The summed E-state index contributed by atoms with van der Waals surface area (Å²) in [5.74, 6) is 1.31. The third-order valence-corrected chi connectivity index (χ3v) is 9.10. The van der Waals surface area contributed by atoms with Gasteiger partial charge in [-0.25, -0.2) is 15.0 Å². The Kier molecular flexibility index (Phi) is 8.31. The number of benzene rings is 1. The summed E-state index contributed by atoms with van der Waals surface area (Å²) in [7, 11) is 0. The number of nitrogens with zero attached hydrogens (tertiary/aromatic N) is 5. The molecule has 3 heterocycles. The molecule has 0 bridgehead atoms. The van der Waals surface area contributed by atoms with Gasteiger partial charge in [0.05, 0.1) is 39.2 Å². The van der Waals surface area contributed by atoms with E-state index in [-0.39, 0.29) is 28.5 Å². The number of unbranched alkanes of at least 4 members (excludes halogenated alkanes) is 1. The number of aromatic amines is 1. The zero-order chi connectivity index (χ0) is 30.5. The molecule has 4 aromatic rings. The van der Waals surface area contributed by atoms with Crippen LogP contribution in [-0.4, -0.2) is 77.0 Å². The van der Waals surface area contributed by atoms with Crippen LogP contribution in [0.15, 0.2) is 30.7 Å². The molecule has 6 rings (SSSR count). The number of hydrogen-bond acceptors (Lipinski definition) is 7. The third-order valence-electron chi connectivity index (χ3n) is 8.79. The number of hydrogen-bond donors (Lipinski definition) is 4. The van der Waals surface area contributed by atoms with E-state index in [1.54, 1.807) is 6.33 Å². The standard InChI is InChI=1S/C30H37ClF3N7O2/c1-16(2)40(9-4-3-5-25-38-22-12-20(30(32,33)34)21(31)13-23(22)39-25)14-17-11-24(27(43)26(17)42)41-10-8-19-28(37-18-6-7-18)35-15-36-29(19)41/h8,10,12-13,15-18,24,26-27,42-43H,3-7,9,11,14H2,1-2H3,(H,38,39)(H,35,36,37)/t17-,24-,26-,27?/m1/s1. The van der Waals surface area contributed by atoms with E-state index in [4.69, 9.17) is 11.6 Å². The number of fused-ring (bicyclic) bond motifs is 2. The van der Waals surface area contributed by atoms with Crippen LogP contribution in [0.4, 0.5) is 19.0 Å². The molecule has 2 fully saturated rings. The lowest BCUT2D eigenvalue weighted by Gasteiger charge is -2.30. The Balaban J connectivity index is 1.06. The van der Waals surface area contributed by atoms with Crippen LogP contribution in [0.2, 0.25) is 5.02 Å². The number of alkyl halides is 3. The SMILES string of the molecule is CC(C)N(CCCCc1nc2cc(C(F)(F)F)c(Cl)cc2[nH]1)C[C@H]1C[C@@H](n2ccc3c(NC4CC4)ncnc32)C(O)[C@@H]1O. The molecule has 0 aliphatic heterocycles. The predicted molar refractivity (Wildman–Crippen MR) is 159 cm³/mol. The van der Waals surface area contributed by atoms with E-state index in [0.717, 1.165) is 55.1 Å². The fourth-order valence-corrected chi connectivity index (χ4v) is 6.49. The Labute approximate surface area is 252 Å². The normalized spacial score (nSPS) is 22.9. The highest BCUT2D eigenvalue weighted by atomic mass is 35.5. The predicted octanol–water partition coefficient (Wildman–Crippen LogP) is 5.57. The molecule has 0 saturated heterocycles. The summed E-state index contributed by atoms with van der Waals surface area (Å²) in [4.78, 5) is 18.7. The number of aromatic nitrogens is 5. The van der Waals surface area contributed by atoms with Crippen LogP contribution in [0.3, 0.4) is 0 Å². The summed E-state index contributed by atoms with van der Waals surface area (Å²) in [6.07, 6.45) is 2.26. The summed E-state index contributed by atoms with van der Waals surface area (Å²) in [5.41, 5.74) is 0.592. The number of aliphatic hydroxyl groups excluding tert-OH is 2. The first-order chi connectivity index (χ1) is 20.5. The molecule has 1 unspecified atom stereocenters. The molecular weight excluding hydrogens is 583 g/mol. The van der Waals surface area contributed by atoms with Crippen molar-refractivity contribution in [3.63, 3.8) is 0 Å². The lowest BCUT2D eigenvalue weighted by Crippen LogP contribution is -2.40. The first-order valence-electron chi connectivity index (χ1n) is 14.9. The maximum Gasteiger partial charge on any atom is 0.417 e. The lowest BCUT2D eigenvalue weighted by molar-refractivity contribution is -0.137. The maximum absolute atomic E-state index is 13.2. The number of anilines is 1. The number of aryl methyl sites for hydroxylation is 1. The van der Waals surface area contributed by atoms with E-state index in [1.165, 1.54) is 6.07 Å². The highest BCUT2D eigenvalue weighted by Gasteiger charge is 2.43. The first kappa shape index (κ1) is 30.1. The van der Waals surface area contributed by atoms with E-state index in [2.05, 4.69) is 44.0 Å². The van der Waals surface area contributed by atoms with Gasteiger partial charge in [-0.05, 0) is 70.7 Å². The Morgan fingerprint density at radius 1 is 1.16 bits per heavy atom. The molecule has 13 heteroatoms. The molecule has 0 spiro atoms. The van der Waals surface area contributed by atoms with Gasteiger partial charge in [-0.3, -0.25) is 0 Å². The Bertz CT molecular complexity index is 1590. The smallest absolute Gasteiger partial charge is 0.390 e. The van der Waals surface area contributed by atoms with Crippen molar-refractivity contribution in [1.29, 1.82) is 0 Å². The van der Waals surface area contributed by atoms with Gasteiger partial charge in [-0.1, -0.05) is 11.6 Å². The highest BCUT2D eigenvalue weighted by molar-refractivity contribution is 6.32. The fourth-order valence-electron chi connectivity index (χ4n) is 6.22. The summed E-state index contributed by atoms with van der Waals surface area (Å²) < 4.78 is 41.6. The van der Waals surface area contributed by atoms with Crippen LogP contribution in [0.5, 0.6) is 0 Å². The Morgan fingerprint density at radius 3 is 2.67 bits per heavy atom. The van der Waals surface area contributed by atoms with Gasteiger partial charge in [-0.15, -0.1) is 0 Å². The molecule has 0 radical (unpaired) electrons. The van der Waals surface area contributed by atoms with E-state index in [1.807, 2.05) is 16.8 Å². The topological polar surface area (TPSA) is 115 Å². The van der Waals surface area contributed by atoms with Crippen molar-refractivity contribution < 1.29 is 23.4 Å². The van der Waals surface area contributed by atoms with Crippen LogP contribution < -0.4 is 5.32 Å². The zero-order valence-electron chi connectivity index (χ0n) is 24.2. The quantitative estimate of drug-likeness (QED) is 0.162. The molecule has 1 aromatic carbocycles. The third kappa shape index (κ3) is 6.33. The molecule has 43 heavy (non-hydrogen) atoms. The van der Waals surface area contributed by atoms with E-state index < -0.39 is 23.9 Å². The second kappa shape index (κ2) is 11.9. The minimum atomic E-state index is -4.53. The zero-order valence-corrected chi connectivity index (χ0v) is 24.9. The summed E-state index contributed by atoms with van der Waals surface area (Å²) in [6, 6.07) is 4.62. The molecule has 2 saturated carbocycles. The molecule has 9 nitrogen and oxygen atoms in total. The monoisotopic (exact) mass is 619 g/mol. The molecule has 0 amide bonds. The van der Waals surface area contributed by atoms with Crippen LogP contribution in [0, 0.1) is 5.92 Å². The number of imidazole rings is 1. The average Bonchev–Trinajstić information content (AvgIpc) is 3.40. The largest absolute Gasteiger partial charge is 0.417 e. The van der Waals surface area contributed by atoms with E-state index >= 15 is 0 Å². The van der Waals surface area contributed by atoms with Crippen molar-refractivity contribution >= 4 is 39.5 Å². The van der Waals surface area contributed by atoms with Crippen LogP contribution >= 0.6 is 11.6 Å². The van der Waals surface area contributed by atoms with Crippen molar-refractivity contribution in [2.45, 2.75) is 88.9 Å². The summed E-state index contributed by atoms with van der Waals surface area (Å²) in [6.45, 7) is 5.64. The summed E-state index contributed by atoms with van der Waals surface area (Å²) in [5, 5.41) is 26.2. The molecule has 4 N–H and O–H groups in total. The van der Waals surface area contributed by atoms with Gasteiger partial charge in [0.25, 0.3) is 0 Å². The van der Waals surface area contributed by atoms with Crippen molar-refractivity contribution in [1.82, 2.24) is 29.4 Å². The fraction of sp³-hybridized carbons (Fsp3) is 0.567. The molecule has 2 aliphatic rings. The van der Waals surface area contributed by atoms with Crippen molar-refractivity contribution in [2.24, 2.45) is 5.92 Å². The second-order valence-corrected chi connectivity index (χ2v) is 12.6. The average molecular weight is 620 g/mol. The van der Waals surface area contributed by atoms with Gasteiger partial charge in [0.15, 0.2) is 0 Å². The van der Waals surface area contributed by atoms with Gasteiger partial charge < -0.3 is 30.0 Å². The highest BCUT2D eigenvalue weighted by Crippen LogP contribution is 2.39. The molecule has 2 aliphatic carbocycles. The maximum atomic E-state index is 13.2. The molecule has 232 valence electrons. The van der Waals surface area contributed by atoms with Crippen molar-refractivity contribution in [3.8, 4) is 0 Å². The van der Waals surface area contributed by atoms with Crippen molar-refractivity contribution in [3.05, 3.63) is 47.1 Å². The molecular formula is C30H37ClF3N7O2. The molecule has 3 aromatic heterocycles. The van der Waals surface area contributed by atoms with Gasteiger partial charge >= 0.3 is 6.18 Å². The summed E-state index contributed by atoms with van der Waals surface area (Å²) >= 11 is 5.85. The van der Waals surface area contributed by atoms with E-state index in [9.17, 15) is 23.4 Å². The van der Waals surface area contributed by atoms with Crippen LogP contribution in [0.25, 0.3) is 22.1 Å². The Hall–Kier alpha value is -2.93. The van der Waals surface area contributed by atoms with Crippen LogP contribution in [-0.2, 0) is 12.6 Å². The van der Waals surface area contributed by atoms with Gasteiger partial charge in [0.1, 0.15) is 29.7 Å². The second-order valence-electron chi connectivity index (χ2n) is 12.2. The van der Waals surface area contributed by atoms with Gasteiger partial charge in [-0.2, -0.15) is 13.2 Å². The van der Waals surface area contributed by atoms with Crippen LogP contribution in [0.1, 0.15) is 63.4 Å². The first-order valence-corrected chi connectivity index (χ1v) is 15.3. The van der Waals surface area contributed by atoms with Crippen molar-refractivity contribution in [2.75, 3.05) is 18.4 Å². The number of halogens is 4. The van der Waals surface area contributed by atoms with Gasteiger partial charge in [0, 0.05) is 37.2 Å². The number of H-pyrrole nitrogens is 1. The Morgan fingerprint density at radius 2 is 1.95 bits per heavy atom. The van der Waals surface area contributed by atoms with E-state index in [0.29, 0.717) is 36.8 Å². The number of nitrogens with one attached hydrogen (secondary N) is 2. The minimum Gasteiger partial charge on any atom is -0.390 e. The number of rotatable bonds is 11. The van der Waals surface area contributed by atoms with Gasteiger partial charge in [0.2, 0.25) is 0 Å². The number of aliphatic hydroxyl groups is 2. The molecule has 4 atom stereocenters.